The zero-order valence-corrected chi connectivity index (χ0v) is 9.89. The Labute approximate surface area is 98.9 Å². The molecule has 1 aliphatic carbocycles. The second-order valence-corrected chi connectivity index (χ2v) is 4.12. The fraction of sp³-hybridized carbons (Fsp3) is 0.727. The van der Waals surface area contributed by atoms with Crippen LogP contribution in [0.25, 0.3) is 0 Å². The molecule has 6 heteroatoms. The highest BCUT2D eigenvalue weighted by atomic mass is 16.5. The zero-order chi connectivity index (χ0) is 13.1. The highest BCUT2D eigenvalue weighted by Crippen LogP contribution is 2.39. The van der Waals surface area contributed by atoms with Crippen LogP contribution in [0.2, 0.25) is 0 Å². The molecule has 17 heavy (non-hydrogen) atoms. The molecule has 6 nitrogen and oxygen atoms in total. The lowest BCUT2D eigenvalue weighted by molar-refractivity contribution is -0.173. The number of carbonyl (C=O) groups is 3. The minimum atomic E-state index is -1.45. The van der Waals surface area contributed by atoms with Gasteiger partial charge in [-0.2, -0.15) is 0 Å². The highest BCUT2D eigenvalue weighted by molar-refractivity contribution is 6.02. The van der Waals surface area contributed by atoms with Crippen LogP contribution in [-0.2, 0) is 23.9 Å². The molecular weight excluding hydrogens is 228 g/mol. The summed E-state index contributed by atoms with van der Waals surface area (Å²) in [5.74, 6) is -2.27. The summed E-state index contributed by atoms with van der Waals surface area (Å²) in [4.78, 5) is 35.0. The maximum Gasteiger partial charge on any atom is 0.323 e. The van der Waals surface area contributed by atoms with E-state index in [0.29, 0.717) is 0 Å². The Morgan fingerprint density at radius 2 is 1.88 bits per heavy atom. The SMILES string of the molecule is COC(=O)C1(C(=O)OC)CCC(=O)C(CO)C1. The standard InChI is InChI=1S/C11H16O6/c1-16-9(14)11(10(15)17-2)4-3-8(13)7(5-11)6-12/h7,12H,3-6H2,1-2H3. The zero-order valence-electron chi connectivity index (χ0n) is 9.89. The van der Waals surface area contributed by atoms with Gasteiger partial charge < -0.3 is 14.6 Å². The predicted molar refractivity (Wildman–Crippen MR) is 55.9 cm³/mol. The number of hydrogen-bond acceptors (Lipinski definition) is 6. The van der Waals surface area contributed by atoms with Gasteiger partial charge in [-0.15, -0.1) is 0 Å². The van der Waals surface area contributed by atoms with Gasteiger partial charge in [0.15, 0.2) is 5.41 Å². The normalized spacial score (nSPS) is 23.0. The summed E-state index contributed by atoms with van der Waals surface area (Å²) < 4.78 is 9.22. The van der Waals surface area contributed by atoms with Crippen molar-refractivity contribution in [1.82, 2.24) is 0 Å². The molecule has 1 unspecified atom stereocenters. The van der Waals surface area contributed by atoms with Crippen LogP contribution in [0, 0.1) is 11.3 Å². The molecule has 0 heterocycles. The molecule has 0 spiro atoms. The first-order valence-corrected chi connectivity index (χ1v) is 5.32. The van der Waals surface area contributed by atoms with E-state index in [2.05, 4.69) is 9.47 Å². The molecule has 0 saturated heterocycles. The van der Waals surface area contributed by atoms with Crippen molar-refractivity contribution in [3.8, 4) is 0 Å². The Kier molecular flexibility index (Phi) is 4.22. The molecule has 0 amide bonds. The second-order valence-electron chi connectivity index (χ2n) is 4.12. The fourth-order valence-electron chi connectivity index (χ4n) is 2.19. The van der Waals surface area contributed by atoms with Crippen LogP contribution in [0.4, 0.5) is 0 Å². The third-order valence-corrected chi connectivity index (χ3v) is 3.22. The van der Waals surface area contributed by atoms with E-state index in [9.17, 15) is 14.4 Å². The smallest absolute Gasteiger partial charge is 0.323 e. The number of Topliss-reactive ketones (excluding diaryl/α,β-unsaturated/α-hetero) is 1. The summed E-state index contributed by atoms with van der Waals surface area (Å²) in [5.41, 5.74) is -1.45. The molecule has 1 rings (SSSR count). The molecule has 0 aromatic rings. The van der Waals surface area contributed by atoms with Crippen molar-refractivity contribution in [2.24, 2.45) is 11.3 Å². The van der Waals surface area contributed by atoms with E-state index in [1.807, 2.05) is 0 Å². The number of carbonyl (C=O) groups excluding carboxylic acids is 3. The van der Waals surface area contributed by atoms with Gasteiger partial charge in [0, 0.05) is 12.3 Å². The van der Waals surface area contributed by atoms with Crippen LogP contribution in [0.5, 0.6) is 0 Å². The maximum absolute atomic E-state index is 11.7. The van der Waals surface area contributed by atoms with Crippen molar-refractivity contribution in [2.45, 2.75) is 19.3 Å². The number of rotatable bonds is 3. The molecule has 0 aromatic heterocycles. The lowest BCUT2D eigenvalue weighted by Gasteiger charge is -2.34. The van der Waals surface area contributed by atoms with Crippen LogP contribution < -0.4 is 0 Å². The summed E-state index contributed by atoms with van der Waals surface area (Å²) in [7, 11) is 2.36. The number of ketones is 1. The minimum absolute atomic E-state index is 0.0539. The van der Waals surface area contributed by atoms with E-state index in [1.165, 1.54) is 14.2 Å². The van der Waals surface area contributed by atoms with E-state index in [4.69, 9.17) is 5.11 Å². The van der Waals surface area contributed by atoms with Crippen molar-refractivity contribution in [2.75, 3.05) is 20.8 Å². The average molecular weight is 244 g/mol. The van der Waals surface area contributed by atoms with Crippen LogP contribution in [0.1, 0.15) is 19.3 Å². The van der Waals surface area contributed by atoms with Gasteiger partial charge in [0.05, 0.1) is 20.8 Å². The van der Waals surface area contributed by atoms with E-state index in [1.54, 1.807) is 0 Å². The van der Waals surface area contributed by atoms with Gasteiger partial charge in [0.1, 0.15) is 5.78 Å². The molecule has 0 aromatic carbocycles. The van der Waals surface area contributed by atoms with E-state index >= 15 is 0 Å². The number of aliphatic hydroxyl groups is 1. The first kappa shape index (κ1) is 13.6. The third kappa shape index (κ3) is 2.31. The Bertz CT molecular complexity index is 319. The molecule has 1 aliphatic rings. The van der Waals surface area contributed by atoms with Gasteiger partial charge in [-0.3, -0.25) is 14.4 Å². The fourth-order valence-corrected chi connectivity index (χ4v) is 2.19. The van der Waals surface area contributed by atoms with Crippen molar-refractivity contribution < 1.29 is 29.0 Å². The number of ether oxygens (including phenoxy) is 2. The Morgan fingerprint density at radius 1 is 1.35 bits per heavy atom. The number of hydrogen-bond donors (Lipinski definition) is 1. The second kappa shape index (κ2) is 5.27. The topological polar surface area (TPSA) is 89.9 Å². The number of aliphatic hydroxyl groups excluding tert-OH is 1. The first-order chi connectivity index (χ1) is 8.01. The van der Waals surface area contributed by atoms with Gasteiger partial charge in [-0.1, -0.05) is 0 Å². The maximum atomic E-state index is 11.7. The highest BCUT2D eigenvalue weighted by Gasteiger charge is 2.53. The predicted octanol–water partition coefficient (Wildman–Crippen LogP) is -0.320. The van der Waals surface area contributed by atoms with E-state index < -0.39 is 23.3 Å². The summed E-state index contributed by atoms with van der Waals surface area (Å²) in [6, 6.07) is 0. The average Bonchev–Trinajstić information content (AvgIpc) is 2.37. The van der Waals surface area contributed by atoms with E-state index in [0.717, 1.165) is 0 Å². The largest absolute Gasteiger partial charge is 0.468 e. The van der Waals surface area contributed by atoms with Gasteiger partial charge in [0.2, 0.25) is 0 Å². The van der Waals surface area contributed by atoms with Crippen molar-refractivity contribution in [3.05, 3.63) is 0 Å². The third-order valence-electron chi connectivity index (χ3n) is 3.22. The van der Waals surface area contributed by atoms with Crippen LogP contribution >= 0.6 is 0 Å². The molecular formula is C11H16O6. The van der Waals surface area contributed by atoms with Crippen molar-refractivity contribution in [1.29, 1.82) is 0 Å². The van der Waals surface area contributed by atoms with Gasteiger partial charge >= 0.3 is 11.9 Å². The van der Waals surface area contributed by atoms with Crippen molar-refractivity contribution >= 4 is 17.7 Å². The van der Waals surface area contributed by atoms with Crippen molar-refractivity contribution in [3.63, 3.8) is 0 Å². The molecule has 0 aliphatic heterocycles. The summed E-state index contributed by atoms with van der Waals surface area (Å²) in [5, 5.41) is 9.08. The molecule has 1 atom stereocenters. The number of methoxy groups -OCH3 is 2. The van der Waals surface area contributed by atoms with Crippen LogP contribution in [0.15, 0.2) is 0 Å². The van der Waals surface area contributed by atoms with Crippen LogP contribution in [0.3, 0.4) is 0 Å². The monoisotopic (exact) mass is 244 g/mol. The Hall–Kier alpha value is -1.43. The Balaban J connectivity index is 3.04. The molecule has 1 saturated carbocycles. The molecule has 96 valence electrons. The Morgan fingerprint density at radius 3 is 2.29 bits per heavy atom. The molecule has 0 bridgehead atoms. The van der Waals surface area contributed by atoms with Gasteiger partial charge in [-0.05, 0) is 12.8 Å². The summed E-state index contributed by atoms with van der Waals surface area (Å²) in [6.45, 7) is -0.380. The summed E-state index contributed by atoms with van der Waals surface area (Å²) in [6.07, 6.45) is 0.0821. The summed E-state index contributed by atoms with van der Waals surface area (Å²) >= 11 is 0. The lowest BCUT2D eigenvalue weighted by atomic mass is 9.69. The molecule has 0 radical (unpaired) electrons. The molecule has 1 fully saturated rings. The lowest BCUT2D eigenvalue weighted by Crippen LogP contribution is -2.47. The van der Waals surface area contributed by atoms with E-state index in [-0.39, 0.29) is 31.7 Å². The first-order valence-electron chi connectivity index (χ1n) is 5.32. The van der Waals surface area contributed by atoms with Gasteiger partial charge in [0.25, 0.3) is 0 Å². The van der Waals surface area contributed by atoms with Gasteiger partial charge in [-0.25, -0.2) is 0 Å². The minimum Gasteiger partial charge on any atom is -0.468 e. The number of esters is 2. The van der Waals surface area contributed by atoms with Crippen LogP contribution in [-0.4, -0.2) is 43.7 Å². The quantitative estimate of drug-likeness (QED) is 0.540. The molecule has 1 N–H and O–H groups in total.